The number of nitrogens with one attached hydrogen (secondary N) is 1. The van der Waals surface area contributed by atoms with Crippen molar-refractivity contribution in [1.82, 2.24) is 15.5 Å². The van der Waals surface area contributed by atoms with Gasteiger partial charge in [0.1, 0.15) is 0 Å². The van der Waals surface area contributed by atoms with E-state index < -0.39 is 0 Å². The third-order valence-corrected chi connectivity index (χ3v) is 6.94. The van der Waals surface area contributed by atoms with E-state index in [1.54, 1.807) is 4.90 Å². The summed E-state index contributed by atoms with van der Waals surface area (Å²) in [4.78, 5) is 26.2. The number of nitrogens with zero attached hydrogens (tertiary/aromatic N) is 3. The van der Waals surface area contributed by atoms with E-state index in [-0.39, 0.29) is 17.9 Å². The Hall–Kier alpha value is -1.15. The summed E-state index contributed by atoms with van der Waals surface area (Å²) in [5.74, 6) is 0.527. The van der Waals surface area contributed by atoms with Gasteiger partial charge in [-0.2, -0.15) is 0 Å². The molecule has 0 aliphatic heterocycles. The number of thioether (sulfide) groups is 1. The van der Waals surface area contributed by atoms with E-state index in [0.717, 1.165) is 30.0 Å². The second kappa shape index (κ2) is 9.69. The average molecular weight is 397 g/mol. The molecule has 0 radical (unpaired) electrons. The lowest BCUT2D eigenvalue weighted by molar-refractivity contribution is -0.119. The zero-order valence-corrected chi connectivity index (χ0v) is 17.0. The van der Waals surface area contributed by atoms with Crippen molar-refractivity contribution in [3.63, 3.8) is 0 Å². The van der Waals surface area contributed by atoms with E-state index in [0.29, 0.717) is 23.3 Å². The highest BCUT2D eigenvalue weighted by Gasteiger charge is 2.35. The maximum atomic E-state index is 12.3. The topological polar surface area (TPSA) is 75.2 Å². The summed E-state index contributed by atoms with van der Waals surface area (Å²) in [6.07, 6.45) is 11.0. The summed E-state index contributed by atoms with van der Waals surface area (Å²) >= 11 is 2.82. The van der Waals surface area contributed by atoms with Crippen molar-refractivity contribution < 1.29 is 9.59 Å². The molecule has 1 heterocycles. The van der Waals surface area contributed by atoms with Crippen LogP contribution in [-0.2, 0) is 9.59 Å². The Kier molecular flexibility index (Phi) is 7.31. The van der Waals surface area contributed by atoms with Gasteiger partial charge in [0.25, 0.3) is 0 Å². The van der Waals surface area contributed by atoms with Gasteiger partial charge in [0.15, 0.2) is 4.34 Å². The van der Waals surface area contributed by atoms with Crippen molar-refractivity contribution >= 4 is 40.0 Å². The summed E-state index contributed by atoms with van der Waals surface area (Å²) in [7, 11) is 0. The number of anilines is 1. The van der Waals surface area contributed by atoms with Crippen molar-refractivity contribution in [2.24, 2.45) is 0 Å². The molecule has 8 heteroatoms. The molecule has 3 rings (SSSR count). The molecule has 0 atom stereocenters. The number of hydrogen-bond acceptors (Lipinski definition) is 6. The summed E-state index contributed by atoms with van der Waals surface area (Å²) in [5.41, 5.74) is 0. The van der Waals surface area contributed by atoms with Crippen molar-refractivity contribution in [3.05, 3.63) is 0 Å². The number of amides is 2. The Morgan fingerprint density at radius 2 is 1.81 bits per heavy atom. The summed E-state index contributed by atoms with van der Waals surface area (Å²) < 4.78 is 0.752. The average Bonchev–Trinajstić information content (AvgIpc) is 3.33. The van der Waals surface area contributed by atoms with Gasteiger partial charge in [-0.1, -0.05) is 62.1 Å². The van der Waals surface area contributed by atoms with Crippen LogP contribution in [0.15, 0.2) is 4.34 Å². The molecule has 144 valence electrons. The number of aromatic nitrogens is 2. The van der Waals surface area contributed by atoms with Crippen molar-refractivity contribution in [2.75, 3.05) is 10.7 Å². The number of carbonyl (C=O) groups excluding carboxylic acids is 2. The fraction of sp³-hybridized carbons (Fsp3) is 0.778. The Morgan fingerprint density at radius 3 is 2.46 bits per heavy atom. The van der Waals surface area contributed by atoms with Gasteiger partial charge in [-0.05, 0) is 25.7 Å². The zero-order chi connectivity index (χ0) is 18.4. The highest BCUT2D eigenvalue weighted by molar-refractivity contribution is 8.01. The molecule has 2 aliphatic rings. The summed E-state index contributed by atoms with van der Waals surface area (Å²) in [6.45, 7) is 1.87. The minimum Gasteiger partial charge on any atom is -0.353 e. The van der Waals surface area contributed by atoms with Gasteiger partial charge >= 0.3 is 0 Å². The van der Waals surface area contributed by atoms with Crippen LogP contribution >= 0.6 is 23.1 Å². The van der Waals surface area contributed by atoms with Crippen molar-refractivity contribution in [2.45, 2.75) is 87.6 Å². The summed E-state index contributed by atoms with van der Waals surface area (Å²) in [5, 5.41) is 12.2. The van der Waals surface area contributed by atoms with Crippen LogP contribution in [0, 0.1) is 0 Å². The maximum Gasteiger partial charge on any atom is 0.230 e. The van der Waals surface area contributed by atoms with E-state index in [9.17, 15) is 9.59 Å². The zero-order valence-electron chi connectivity index (χ0n) is 15.4. The van der Waals surface area contributed by atoms with Gasteiger partial charge in [-0.3, -0.25) is 14.5 Å². The molecular formula is C18H28N4O2S2. The molecule has 0 aromatic carbocycles. The first-order chi connectivity index (χ1) is 12.7. The van der Waals surface area contributed by atoms with Gasteiger partial charge in [0, 0.05) is 18.5 Å². The second-order valence-electron chi connectivity index (χ2n) is 7.10. The van der Waals surface area contributed by atoms with E-state index in [4.69, 9.17) is 0 Å². The van der Waals surface area contributed by atoms with Crippen LogP contribution in [0.4, 0.5) is 5.13 Å². The number of rotatable bonds is 7. The number of carbonyl (C=O) groups is 2. The molecule has 2 saturated carbocycles. The lowest BCUT2D eigenvalue weighted by Crippen LogP contribution is -2.36. The van der Waals surface area contributed by atoms with Crippen LogP contribution in [0.25, 0.3) is 0 Å². The second-order valence-corrected chi connectivity index (χ2v) is 9.28. The molecule has 0 saturated heterocycles. The van der Waals surface area contributed by atoms with Gasteiger partial charge in [-0.25, -0.2) is 0 Å². The fourth-order valence-electron chi connectivity index (χ4n) is 3.32. The molecule has 0 bridgehead atoms. The molecule has 26 heavy (non-hydrogen) atoms. The van der Waals surface area contributed by atoms with Gasteiger partial charge < -0.3 is 5.32 Å². The lowest BCUT2D eigenvalue weighted by Gasteiger charge is -2.20. The molecular weight excluding hydrogens is 368 g/mol. The predicted octanol–water partition coefficient (Wildman–Crippen LogP) is 3.76. The molecule has 1 aromatic rings. The van der Waals surface area contributed by atoms with Crippen molar-refractivity contribution in [1.29, 1.82) is 0 Å². The van der Waals surface area contributed by atoms with E-state index >= 15 is 0 Å². The first-order valence-corrected chi connectivity index (χ1v) is 11.5. The lowest BCUT2D eigenvalue weighted by atomic mass is 9.97. The Morgan fingerprint density at radius 1 is 1.12 bits per heavy atom. The van der Waals surface area contributed by atoms with Crippen LogP contribution in [0.5, 0.6) is 0 Å². The molecule has 2 fully saturated rings. The fourth-order valence-corrected chi connectivity index (χ4v) is 5.07. The van der Waals surface area contributed by atoms with E-state index in [1.807, 2.05) is 6.92 Å². The first-order valence-electron chi connectivity index (χ1n) is 9.75. The third kappa shape index (κ3) is 5.67. The maximum absolute atomic E-state index is 12.3. The first kappa shape index (κ1) is 19.6. The van der Waals surface area contributed by atoms with Crippen LogP contribution < -0.4 is 10.2 Å². The van der Waals surface area contributed by atoms with E-state index in [2.05, 4.69) is 15.5 Å². The third-order valence-electron chi connectivity index (χ3n) is 4.88. The minimum atomic E-state index is 0.0704. The molecule has 0 unspecified atom stereocenters. The molecule has 6 nitrogen and oxygen atoms in total. The van der Waals surface area contributed by atoms with Crippen LogP contribution in [-0.4, -0.2) is 39.8 Å². The SMILES string of the molecule is CCC(=O)N(c1nnc(SCC(=O)NC2CCCCCCC2)s1)C1CC1. The monoisotopic (exact) mass is 396 g/mol. The van der Waals surface area contributed by atoms with Gasteiger partial charge in [0.2, 0.25) is 16.9 Å². The smallest absolute Gasteiger partial charge is 0.230 e. The summed E-state index contributed by atoms with van der Waals surface area (Å²) in [6, 6.07) is 0.608. The van der Waals surface area contributed by atoms with Crippen LogP contribution in [0.2, 0.25) is 0 Å². The van der Waals surface area contributed by atoms with Crippen LogP contribution in [0.3, 0.4) is 0 Å². The van der Waals surface area contributed by atoms with Crippen molar-refractivity contribution in [3.8, 4) is 0 Å². The largest absolute Gasteiger partial charge is 0.353 e. The minimum absolute atomic E-state index is 0.0704. The Bertz CT molecular complexity index is 610. The molecule has 1 N–H and O–H groups in total. The van der Waals surface area contributed by atoms with Crippen LogP contribution in [0.1, 0.15) is 71.1 Å². The standard InChI is InChI=1S/C18H28N4O2S2/c1-2-16(24)22(14-10-11-14)17-20-21-18(26-17)25-12-15(23)19-13-8-6-4-3-5-7-9-13/h13-14H,2-12H2,1H3,(H,19,23). The molecule has 1 aromatic heterocycles. The highest BCUT2D eigenvalue weighted by atomic mass is 32.2. The highest BCUT2D eigenvalue weighted by Crippen LogP contribution is 2.36. The Balaban J connectivity index is 1.47. The van der Waals surface area contributed by atoms with Gasteiger partial charge in [-0.15, -0.1) is 10.2 Å². The Labute approximate surface area is 163 Å². The molecule has 2 aliphatic carbocycles. The normalized spacial score (nSPS) is 18.8. The van der Waals surface area contributed by atoms with E-state index in [1.165, 1.54) is 55.2 Å². The molecule has 2 amide bonds. The quantitative estimate of drug-likeness (QED) is 0.561. The molecule has 0 spiro atoms. The number of hydrogen-bond donors (Lipinski definition) is 1. The predicted molar refractivity (Wildman–Crippen MR) is 106 cm³/mol. The van der Waals surface area contributed by atoms with Gasteiger partial charge in [0.05, 0.1) is 5.75 Å².